The van der Waals surface area contributed by atoms with Gasteiger partial charge in [-0.15, -0.1) is 0 Å². The van der Waals surface area contributed by atoms with E-state index in [4.69, 9.17) is 16.9 Å². The number of rotatable bonds is 9. The fourth-order valence-corrected chi connectivity index (χ4v) is 7.49. The van der Waals surface area contributed by atoms with E-state index in [1.54, 1.807) is 17.1 Å². The van der Waals surface area contributed by atoms with Crippen LogP contribution in [0.15, 0.2) is 36.8 Å². The normalized spacial score (nSPS) is 24.4. The van der Waals surface area contributed by atoms with E-state index in [1.807, 2.05) is 18.2 Å². The Bertz CT molecular complexity index is 1670. The first-order valence-electron chi connectivity index (χ1n) is 13.9. The van der Waals surface area contributed by atoms with Gasteiger partial charge in [-0.25, -0.2) is 27.5 Å². The number of piperidine rings is 1. The quantitative estimate of drug-likeness (QED) is 0.371. The van der Waals surface area contributed by atoms with Gasteiger partial charge in [0, 0.05) is 43.4 Å². The molecule has 3 aromatic rings. The Morgan fingerprint density at radius 3 is 2.67 bits per heavy atom. The van der Waals surface area contributed by atoms with E-state index in [-0.39, 0.29) is 42.2 Å². The van der Waals surface area contributed by atoms with E-state index in [9.17, 15) is 13.7 Å². The van der Waals surface area contributed by atoms with Crippen molar-refractivity contribution in [3.63, 3.8) is 0 Å². The second-order valence-corrected chi connectivity index (χ2v) is 13.7. The molecule has 3 aliphatic rings. The van der Waals surface area contributed by atoms with Crippen LogP contribution >= 0.6 is 11.6 Å². The molecule has 1 aromatic carbocycles. The van der Waals surface area contributed by atoms with E-state index < -0.39 is 22.2 Å². The van der Waals surface area contributed by atoms with E-state index in [2.05, 4.69) is 37.8 Å². The Morgan fingerprint density at radius 2 is 1.98 bits per heavy atom. The molecule has 2 saturated carbocycles. The smallest absolute Gasteiger partial charge is 0.223 e. The van der Waals surface area contributed by atoms with E-state index >= 15 is 4.39 Å². The topological polar surface area (TPSA) is 153 Å². The standard InChI is InChI=1S/C28H29ClFN9O2S/c29-23-9-17(12-33-21-7-18(8-21)10-31)1-4-26(23)39-15-20(14-35-39)27-19(11-32)13-34-28(37-27)36-25-5-6-38(16-24(25)30)42(40,41)22-2-3-22/h1,4,9,13-15,18,21-22,24-25,33H,2-3,5-8,12,16H2,(H,34,36,37)/t18-,21+,24-,25+/m1/s1. The average Bonchev–Trinajstić information content (AvgIpc) is 3.72. The molecule has 0 radical (unpaired) electrons. The number of aromatic nitrogens is 4. The second-order valence-electron chi connectivity index (χ2n) is 11.1. The van der Waals surface area contributed by atoms with Crippen molar-refractivity contribution in [2.45, 2.75) is 62.2 Å². The van der Waals surface area contributed by atoms with Gasteiger partial charge in [0.05, 0.1) is 51.7 Å². The summed E-state index contributed by atoms with van der Waals surface area (Å²) in [5.74, 6) is 0.285. The highest BCUT2D eigenvalue weighted by atomic mass is 35.5. The number of anilines is 1. The Morgan fingerprint density at radius 1 is 1.17 bits per heavy atom. The number of nitrogens with one attached hydrogen (secondary N) is 2. The predicted molar refractivity (Wildman–Crippen MR) is 154 cm³/mol. The van der Waals surface area contributed by atoms with Gasteiger partial charge >= 0.3 is 0 Å². The number of hydrogen-bond donors (Lipinski definition) is 2. The molecule has 0 unspecified atom stereocenters. The summed E-state index contributed by atoms with van der Waals surface area (Å²) in [6.07, 6.45) is 6.49. The Kier molecular flexibility index (Phi) is 7.85. The van der Waals surface area contributed by atoms with Crippen molar-refractivity contribution >= 4 is 27.6 Å². The monoisotopic (exact) mass is 609 g/mol. The maximum absolute atomic E-state index is 15.0. The molecular weight excluding hydrogens is 581 g/mol. The molecule has 14 heteroatoms. The molecule has 1 saturated heterocycles. The predicted octanol–water partition coefficient (Wildman–Crippen LogP) is 3.56. The van der Waals surface area contributed by atoms with Crippen molar-refractivity contribution < 1.29 is 12.8 Å². The van der Waals surface area contributed by atoms with Crippen LogP contribution in [0.4, 0.5) is 10.3 Å². The maximum Gasteiger partial charge on any atom is 0.223 e. The molecule has 2 aliphatic carbocycles. The van der Waals surface area contributed by atoms with Crippen LogP contribution in [0.25, 0.3) is 16.9 Å². The minimum atomic E-state index is -3.44. The van der Waals surface area contributed by atoms with E-state index in [0.29, 0.717) is 47.4 Å². The zero-order chi connectivity index (χ0) is 29.4. The highest BCUT2D eigenvalue weighted by molar-refractivity contribution is 7.90. The van der Waals surface area contributed by atoms with Crippen LogP contribution in [0.3, 0.4) is 0 Å². The lowest BCUT2D eigenvalue weighted by atomic mass is 9.81. The van der Waals surface area contributed by atoms with Gasteiger partial charge in [0.15, 0.2) is 0 Å². The molecule has 0 spiro atoms. The van der Waals surface area contributed by atoms with E-state index in [1.165, 1.54) is 10.5 Å². The third-order valence-corrected chi connectivity index (χ3v) is 10.7. The maximum atomic E-state index is 15.0. The van der Waals surface area contributed by atoms with Crippen LogP contribution < -0.4 is 10.6 Å². The van der Waals surface area contributed by atoms with Crippen molar-refractivity contribution in [2.24, 2.45) is 5.92 Å². The van der Waals surface area contributed by atoms with Crippen molar-refractivity contribution in [1.82, 2.24) is 29.4 Å². The lowest BCUT2D eigenvalue weighted by Gasteiger charge is -2.34. The van der Waals surface area contributed by atoms with Crippen LogP contribution in [-0.4, -0.2) is 69.1 Å². The molecule has 1 aliphatic heterocycles. The summed E-state index contributed by atoms with van der Waals surface area (Å²) >= 11 is 6.60. The van der Waals surface area contributed by atoms with Gasteiger partial charge in [0.1, 0.15) is 12.2 Å². The summed E-state index contributed by atoms with van der Waals surface area (Å²) in [5.41, 5.74) is 2.77. The zero-order valence-corrected chi connectivity index (χ0v) is 24.2. The molecule has 11 nitrogen and oxygen atoms in total. The number of alkyl halides is 1. The SMILES string of the molecule is N#Cc1cnc(N[C@H]2CCN(S(=O)(=O)C3CC3)C[C@H]2F)nc1-c1cnn(-c2ccc(CN[C@H]3C[C@@H](C#N)C3)cc2Cl)c1. The third-order valence-electron chi connectivity index (χ3n) is 8.06. The number of benzene rings is 1. The first-order valence-corrected chi connectivity index (χ1v) is 15.8. The molecule has 2 atom stereocenters. The summed E-state index contributed by atoms with van der Waals surface area (Å²) in [4.78, 5) is 8.69. The summed E-state index contributed by atoms with van der Waals surface area (Å²) < 4.78 is 42.9. The van der Waals surface area contributed by atoms with Crippen molar-refractivity contribution in [3.05, 3.63) is 52.9 Å². The Hall–Kier alpha value is -3.62. The van der Waals surface area contributed by atoms with Crippen LogP contribution in [0.2, 0.25) is 5.02 Å². The number of sulfonamides is 1. The minimum Gasteiger partial charge on any atom is -0.348 e. The van der Waals surface area contributed by atoms with Crippen molar-refractivity contribution in [1.29, 1.82) is 10.5 Å². The molecule has 6 rings (SSSR count). The van der Waals surface area contributed by atoms with Crippen LogP contribution in [0, 0.1) is 28.6 Å². The Labute approximate surface area is 248 Å². The largest absolute Gasteiger partial charge is 0.348 e. The van der Waals surface area contributed by atoms with Crippen molar-refractivity contribution in [2.75, 3.05) is 18.4 Å². The van der Waals surface area contributed by atoms with Crippen LogP contribution in [0.1, 0.15) is 43.2 Å². The molecule has 2 aromatic heterocycles. The highest BCUT2D eigenvalue weighted by Gasteiger charge is 2.43. The van der Waals surface area contributed by atoms with Crippen LogP contribution in [-0.2, 0) is 16.6 Å². The minimum absolute atomic E-state index is 0.141. The highest BCUT2D eigenvalue weighted by Crippen LogP contribution is 2.33. The van der Waals surface area contributed by atoms with Gasteiger partial charge in [-0.05, 0) is 49.8 Å². The summed E-state index contributed by atoms with van der Waals surface area (Å²) in [6, 6.07) is 9.74. The van der Waals surface area contributed by atoms with Crippen molar-refractivity contribution in [3.8, 4) is 29.1 Å². The number of hydrogen-bond acceptors (Lipinski definition) is 9. The number of nitriles is 2. The van der Waals surface area contributed by atoms with Gasteiger partial charge in [-0.1, -0.05) is 17.7 Å². The first-order chi connectivity index (χ1) is 20.2. The number of nitrogens with zero attached hydrogens (tertiary/aromatic N) is 7. The summed E-state index contributed by atoms with van der Waals surface area (Å²) in [5, 5.41) is 29.6. The van der Waals surface area contributed by atoms with Gasteiger partial charge in [-0.2, -0.15) is 19.9 Å². The van der Waals surface area contributed by atoms with E-state index in [0.717, 1.165) is 18.4 Å². The molecule has 3 fully saturated rings. The summed E-state index contributed by atoms with van der Waals surface area (Å²) in [6.45, 7) is 0.666. The van der Waals surface area contributed by atoms with Gasteiger partial charge in [-0.3, -0.25) is 0 Å². The Balaban J connectivity index is 1.14. The third kappa shape index (κ3) is 5.83. The molecule has 218 valence electrons. The fraction of sp³-hybridized carbons (Fsp3) is 0.464. The lowest BCUT2D eigenvalue weighted by Crippen LogP contribution is -2.50. The molecule has 0 amide bonds. The zero-order valence-electron chi connectivity index (χ0n) is 22.6. The van der Waals surface area contributed by atoms with Gasteiger partial charge < -0.3 is 10.6 Å². The summed E-state index contributed by atoms with van der Waals surface area (Å²) in [7, 11) is -3.44. The lowest BCUT2D eigenvalue weighted by molar-refractivity contribution is 0.185. The molecular formula is C28H29ClFN9O2S. The fourth-order valence-electron chi connectivity index (χ4n) is 5.34. The van der Waals surface area contributed by atoms with Crippen LogP contribution in [0.5, 0.6) is 0 Å². The van der Waals surface area contributed by atoms with Gasteiger partial charge in [0.25, 0.3) is 0 Å². The number of halogens is 2. The molecule has 2 N–H and O–H groups in total. The molecule has 42 heavy (non-hydrogen) atoms. The molecule has 3 heterocycles. The average molecular weight is 610 g/mol. The molecule has 0 bridgehead atoms. The van der Waals surface area contributed by atoms with Gasteiger partial charge in [0.2, 0.25) is 16.0 Å². The second kappa shape index (κ2) is 11.6. The first kappa shape index (κ1) is 28.5.